The van der Waals surface area contributed by atoms with Crippen LogP contribution in [0.15, 0.2) is 47.6 Å². The number of phenols is 1. The van der Waals surface area contributed by atoms with Gasteiger partial charge in [-0.2, -0.15) is 9.78 Å². The first-order valence-corrected chi connectivity index (χ1v) is 11.5. The molecular weight excluding hydrogens is 582 g/mol. The summed E-state index contributed by atoms with van der Waals surface area (Å²) < 4.78 is 8.64. The van der Waals surface area contributed by atoms with Crippen molar-refractivity contribution < 1.29 is 9.84 Å². The number of rotatable bonds is 4. The van der Waals surface area contributed by atoms with Crippen LogP contribution in [0.3, 0.4) is 0 Å². The Bertz CT molecular complexity index is 1210. The Morgan fingerprint density at radius 1 is 1.20 bits per heavy atom. The number of ether oxygens (including phenoxy) is 1. The minimum absolute atomic E-state index is 0.00866. The molecule has 6 nitrogen and oxygen atoms in total. The molecule has 158 valence electrons. The number of hydrogen-bond acceptors (Lipinski definition) is 5. The molecule has 30 heavy (non-hydrogen) atoms. The highest BCUT2D eigenvalue weighted by atomic mass is 79.9. The summed E-state index contributed by atoms with van der Waals surface area (Å²) in [5.74, 6) is 0.848. The molecule has 0 fully saturated rings. The maximum absolute atomic E-state index is 13.2. The van der Waals surface area contributed by atoms with E-state index < -0.39 is 5.41 Å². The Morgan fingerprint density at radius 2 is 1.90 bits per heavy atom. The Morgan fingerprint density at radius 3 is 2.53 bits per heavy atom. The molecule has 0 radical (unpaired) electrons. The molecule has 0 spiro atoms. The van der Waals surface area contributed by atoms with E-state index in [9.17, 15) is 9.90 Å². The van der Waals surface area contributed by atoms with Crippen LogP contribution in [-0.4, -0.2) is 27.6 Å². The maximum atomic E-state index is 13.2. The standard InChI is InChI=1S/C21H20Br3N3O3/c1-5-30-15-8-11(16(23)17(24)18(15)28)10-25-27-19(29)13-9-12(22)6-7-14(13)26-20(27)21(2,3)4/h6-10,28H,5H2,1-4H3. The second-order valence-corrected chi connectivity index (χ2v) is 10.1. The summed E-state index contributed by atoms with van der Waals surface area (Å²) in [7, 11) is 0. The van der Waals surface area contributed by atoms with Gasteiger partial charge in [0.2, 0.25) is 0 Å². The first-order valence-electron chi connectivity index (χ1n) is 9.15. The SMILES string of the molecule is CCOc1cc(C=Nn2c(C(C)(C)C)nc3ccc(Br)cc3c2=O)c(Br)c(Br)c1O. The van der Waals surface area contributed by atoms with Crippen LogP contribution in [-0.2, 0) is 5.41 Å². The Labute approximate surface area is 199 Å². The number of fused-ring (bicyclic) bond motifs is 1. The van der Waals surface area contributed by atoms with Crippen molar-refractivity contribution in [3.05, 3.63) is 59.4 Å². The topological polar surface area (TPSA) is 76.7 Å². The minimum Gasteiger partial charge on any atom is -0.503 e. The fourth-order valence-electron chi connectivity index (χ4n) is 2.83. The molecule has 0 atom stereocenters. The van der Waals surface area contributed by atoms with Gasteiger partial charge in [-0.3, -0.25) is 4.79 Å². The van der Waals surface area contributed by atoms with Gasteiger partial charge in [0.1, 0.15) is 5.82 Å². The number of phenolic OH excluding ortho intramolecular Hbond substituents is 1. The zero-order valence-corrected chi connectivity index (χ0v) is 21.6. The van der Waals surface area contributed by atoms with E-state index in [1.807, 2.05) is 39.8 Å². The van der Waals surface area contributed by atoms with E-state index in [-0.39, 0.29) is 11.3 Å². The summed E-state index contributed by atoms with van der Waals surface area (Å²) in [5, 5.41) is 15.2. The van der Waals surface area contributed by atoms with Crippen LogP contribution < -0.4 is 10.3 Å². The summed E-state index contributed by atoms with van der Waals surface area (Å²) in [6.07, 6.45) is 1.54. The third-order valence-electron chi connectivity index (χ3n) is 4.27. The molecule has 0 aliphatic heterocycles. The highest BCUT2D eigenvalue weighted by Crippen LogP contribution is 2.41. The van der Waals surface area contributed by atoms with Crippen LogP contribution in [0, 0.1) is 0 Å². The Kier molecular flexibility index (Phi) is 6.74. The first kappa shape index (κ1) is 23.0. The smallest absolute Gasteiger partial charge is 0.282 e. The molecule has 3 aromatic rings. The molecule has 3 rings (SSSR count). The van der Waals surface area contributed by atoms with Crippen molar-refractivity contribution in [1.29, 1.82) is 0 Å². The van der Waals surface area contributed by atoms with Crippen LogP contribution >= 0.6 is 47.8 Å². The van der Waals surface area contributed by atoms with Crippen molar-refractivity contribution in [2.45, 2.75) is 33.1 Å². The summed E-state index contributed by atoms with van der Waals surface area (Å²) in [6.45, 7) is 8.16. The third kappa shape index (κ3) is 4.48. The van der Waals surface area contributed by atoms with Crippen molar-refractivity contribution in [1.82, 2.24) is 9.66 Å². The molecule has 1 aromatic heterocycles. The minimum atomic E-state index is -0.416. The Balaban J connectivity index is 2.24. The van der Waals surface area contributed by atoms with E-state index in [0.717, 1.165) is 4.47 Å². The van der Waals surface area contributed by atoms with E-state index in [1.165, 1.54) is 4.68 Å². The lowest BCUT2D eigenvalue weighted by Gasteiger charge is -2.21. The third-order valence-corrected chi connectivity index (χ3v) is 6.92. The molecule has 0 aliphatic rings. The number of aromatic nitrogens is 2. The molecule has 2 aromatic carbocycles. The molecule has 0 amide bonds. The van der Waals surface area contributed by atoms with Gasteiger partial charge in [-0.25, -0.2) is 4.98 Å². The van der Waals surface area contributed by atoms with Gasteiger partial charge in [0, 0.05) is 19.9 Å². The van der Waals surface area contributed by atoms with E-state index in [4.69, 9.17) is 9.72 Å². The largest absolute Gasteiger partial charge is 0.503 e. The van der Waals surface area contributed by atoms with Crippen molar-refractivity contribution in [2.24, 2.45) is 5.10 Å². The van der Waals surface area contributed by atoms with E-state index in [2.05, 4.69) is 52.9 Å². The summed E-state index contributed by atoms with van der Waals surface area (Å²) in [5.41, 5.74) is 0.568. The van der Waals surface area contributed by atoms with E-state index in [0.29, 0.717) is 43.6 Å². The van der Waals surface area contributed by atoms with E-state index in [1.54, 1.807) is 18.3 Å². The predicted octanol–water partition coefficient (Wildman–Crippen LogP) is 5.97. The summed E-state index contributed by atoms with van der Waals surface area (Å²) in [6, 6.07) is 7.06. The monoisotopic (exact) mass is 599 g/mol. The van der Waals surface area contributed by atoms with Crippen molar-refractivity contribution in [3.8, 4) is 11.5 Å². The fraction of sp³-hybridized carbons (Fsp3) is 0.286. The first-order chi connectivity index (χ1) is 14.0. The van der Waals surface area contributed by atoms with Gasteiger partial charge in [0.25, 0.3) is 5.56 Å². The number of hydrogen-bond donors (Lipinski definition) is 1. The zero-order chi connectivity index (χ0) is 22.2. The van der Waals surface area contributed by atoms with Gasteiger partial charge in [-0.15, -0.1) is 0 Å². The molecule has 9 heteroatoms. The molecule has 1 heterocycles. The fourth-order valence-corrected chi connectivity index (χ4v) is 4.02. The lowest BCUT2D eigenvalue weighted by atomic mass is 9.95. The second kappa shape index (κ2) is 8.80. The molecule has 0 saturated carbocycles. The normalized spacial score (nSPS) is 12.1. The molecule has 0 aliphatic carbocycles. The molecule has 1 N–H and O–H groups in total. The van der Waals surface area contributed by atoms with Gasteiger partial charge < -0.3 is 9.84 Å². The van der Waals surface area contributed by atoms with Gasteiger partial charge in [0.05, 0.1) is 28.2 Å². The van der Waals surface area contributed by atoms with Crippen LogP contribution in [0.4, 0.5) is 0 Å². The highest BCUT2D eigenvalue weighted by molar-refractivity contribution is 9.13. The average Bonchev–Trinajstić information content (AvgIpc) is 2.68. The molecular formula is C21H20Br3N3O3. The zero-order valence-electron chi connectivity index (χ0n) is 16.8. The summed E-state index contributed by atoms with van der Waals surface area (Å²) >= 11 is 10.2. The van der Waals surface area contributed by atoms with Crippen LogP contribution in [0.25, 0.3) is 10.9 Å². The van der Waals surface area contributed by atoms with Crippen molar-refractivity contribution in [2.75, 3.05) is 6.61 Å². The Hall–Kier alpha value is -1.71. The lowest BCUT2D eigenvalue weighted by Crippen LogP contribution is -2.29. The van der Waals surface area contributed by atoms with Gasteiger partial charge >= 0.3 is 0 Å². The van der Waals surface area contributed by atoms with Crippen LogP contribution in [0.5, 0.6) is 11.5 Å². The molecule has 0 bridgehead atoms. The number of halogens is 3. The number of aromatic hydroxyl groups is 1. The lowest BCUT2D eigenvalue weighted by molar-refractivity contribution is 0.317. The van der Waals surface area contributed by atoms with E-state index >= 15 is 0 Å². The second-order valence-electron chi connectivity index (χ2n) is 7.58. The summed E-state index contributed by atoms with van der Waals surface area (Å²) in [4.78, 5) is 18.0. The predicted molar refractivity (Wildman–Crippen MR) is 130 cm³/mol. The van der Waals surface area contributed by atoms with Gasteiger partial charge in [-0.05, 0) is 63.0 Å². The number of benzene rings is 2. The van der Waals surface area contributed by atoms with Crippen molar-refractivity contribution >= 4 is 64.9 Å². The molecule has 0 unspecified atom stereocenters. The molecule has 0 saturated heterocycles. The quantitative estimate of drug-likeness (QED) is 0.374. The number of nitrogens with zero attached hydrogens (tertiary/aromatic N) is 3. The van der Waals surface area contributed by atoms with Crippen LogP contribution in [0.2, 0.25) is 0 Å². The van der Waals surface area contributed by atoms with Gasteiger partial charge in [-0.1, -0.05) is 36.7 Å². The highest BCUT2D eigenvalue weighted by Gasteiger charge is 2.23. The van der Waals surface area contributed by atoms with Gasteiger partial charge in [0.15, 0.2) is 11.5 Å². The maximum Gasteiger partial charge on any atom is 0.282 e. The van der Waals surface area contributed by atoms with Crippen molar-refractivity contribution in [3.63, 3.8) is 0 Å². The van der Waals surface area contributed by atoms with Crippen LogP contribution in [0.1, 0.15) is 39.1 Å². The average molecular weight is 602 g/mol.